The summed E-state index contributed by atoms with van der Waals surface area (Å²) in [6, 6.07) is 11.8. The number of aryl methyl sites for hydroxylation is 1. The van der Waals surface area contributed by atoms with E-state index in [-0.39, 0.29) is 30.1 Å². The fraction of sp³-hybridized carbons (Fsp3) is 0.158. The number of fused-ring (bicyclic) bond motifs is 1. The van der Waals surface area contributed by atoms with Gasteiger partial charge in [0.15, 0.2) is 5.75 Å². The predicted octanol–water partition coefficient (Wildman–Crippen LogP) is 1.85. The average molecular weight is 415 g/mol. The molecule has 156 valence electrons. The van der Waals surface area contributed by atoms with Crippen molar-refractivity contribution in [3.8, 4) is 5.75 Å². The van der Waals surface area contributed by atoms with E-state index < -0.39 is 16.9 Å². The third kappa shape index (κ3) is 5.61. The summed E-state index contributed by atoms with van der Waals surface area (Å²) in [5.41, 5.74) is 1.17. The van der Waals surface area contributed by atoms with E-state index in [9.17, 15) is 14.9 Å². The molecular formula is C19H17N3O8. The third-order valence-corrected chi connectivity index (χ3v) is 3.82. The zero-order valence-electron chi connectivity index (χ0n) is 15.7. The van der Waals surface area contributed by atoms with Crippen LogP contribution < -0.4 is 10.3 Å². The molecule has 0 spiro atoms. The van der Waals surface area contributed by atoms with Crippen molar-refractivity contribution in [2.75, 3.05) is 6.61 Å². The van der Waals surface area contributed by atoms with E-state index in [1.807, 2.05) is 6.07 Å². The molecule has 0 amide bonds. The van der Waals surface area contributed by atoms with Crippen LogP contribution in [0.1, 0.15) is 5.56 Å². The first-order valence-electron chi connectivity index (χ1n) is 8.49. The van der Waals surface area contributed by atoms with E-state index in [1.54, 1.807) is 37.3 Å². The molecular weight excluding hydrogens is 398 g/mol. The molecule has 0 fully saturated rings. The molecule has 30 heavy (non-hydrogen) atoms. The highest BCUT2D eigenvalue weighted by Gasteiger charge is 2.15. The van der Waals surface area contributed by atoms with Crippen LogP contribution in [0.25, 0.3) is 10.9 Å². The summed E-state index contributed by atoms with van der Waals surface area (Å²) >= 11 is 0. The quantitative estimate of drug-likeness (QED) is 0.360. The number of carboxylic acids is 2. The van der Waals surface area contributed by atoms with Gasteiger partial charge in [-0.2, -0.15) is 0 Å². The van der Waals surface area contributed by atoms with E-state index in [0.29, 0.717) is 10.9 Å². The Bertz CT molecular complexity index is 1140. The summed E-state index contributed by atoms with van der Waals surface area (Å²) in [5.74, 6) is -3.46. The number of nitro groups is 1. The van der Waals surface area contributed by atoms with Crippen LogP contribution in [-0.2, 0) is 16.1 Å². The van der Waals surface area contributed by atoms with Crippen molar-refractivity contribution >= 4 is 28.5 Å². The zero-order valence-corrected chi connectivity index (χ0v) is 15.7. The molecule has 0 atom stereocenters. The van der Waals surface area contributed by atoms with Crippen LogP contribution in [0.15, 0.2) is 53.6 Å². The maximum atomic E-state index is 12.3. The lowest BCUT2D eigenvalue weighted by Gasteiger charge is -2.09. The molecule has 0 radical (unpaired) electrons. The number of nitrogens with zero attached hydrogens (tertiary/aromatic N) is 3. The predicted molar refractivity (Wildman–Crippen MR) is 105 cm³/mol. The lowest BCUT2D eigenvalue weighted by atomic mass is 10.2. The number of benzene rings is 2. The fourth-order valence-corrected chi connectivity index (χ4v) is 2.41. The van der Waals surface area contributed by atoms with E-state index >= 15 is 0 Å². The van der Waals surface area contributed by atoms with Gasteiger partial charge in [-0.1, -0.05) is 18.2 Å². The van der Waals surface area contributed by atoms with E-state index in [4.69, 9.17) is 24.5 Å². The highest BCUT2D eigenvalue weighted by molar-refractivity contribution is 6.27. The number of rotatable bonds is 5. The monoisotopic (exact) mass is 415 g/mol. The van der Waals surface area contributed by atoms with Gasteiger partial charge >= 0.3 is 17.6 Å². The molecule has 11 nitrogen and oxygen atoms in total. The number of hydrogen-bond acceptors (Lipinski definition) is 7. The number of nitro benzene ring substituents is 1. The van der Waals surface area contributed by atoms with Crippen LogP contribution in [0.5, 0.6) is 5.75 Å². The Morgan fingerprint density at radius 2 is 1.83 bits per heavy atom. The van der Waals surface area contributed by atoms with Crippen LogP contribution in [0.2, 0.25) is 0 Å². The molecule has 0 aliphatic rings. The molecule has 3 aromatic rings. The molecule has 0 aliphatic heterocycles. The topological polar surface area (TPSA) is 162 Å². The number of ether oxygens (including phenoxy) is 1. The molecule has 1 heterocycles. The molecule has 0 aliphatic carbocycles. The second kappa shape index (κ2) is 9.78. The molecule has 0 bridgehead atoms. The first kappa shape index (κ1) is 22.0. The van der Waals surface area contributed by atoms with E-state index in [0.717, 1.165) is 5.56 Å². The molecule has 0 unspecified atom stereocenters. The van der Waals surface area contributed by atoms with Crippen molar-refractivity contribution in [1.82, 2.24) is 9.55 Å². The van der Waals surface area contributed by atoms with E-state index in [2.05, 4.69) is 4.98 Å². The molecule has 0 saturated carbocycles. The van der Waals surface area contributed by atoms with Crippen molar-refractivity contribution in [3.05, 3.63) is 74.8 Å². The fourth-order valence-electron chi connectivity index (χ4n) is 2.41. The minimum absolute atomic E-state index is 0.0843. The normalized spacial score (nSPS) is 10.0. The first-order chi connectivity index (χ1) is 14.2. The van der Waals surface area contributed by atoms with Gasteiger partial charge in [-0.05, 0) is 30.7 Å². The molecule has 0 saturated heterocycles. The summed E-state index contributed by atoms with van der Waals surface area (Å²) in [4.78, 5) is 45.4. The molecule has 1 aromatic heterocycles. The van der Waals surface area contributed by atoms with Crippen LogP contribution in [0.4, 0.5) is 5.69 Å². The van der Waals surface area contributed by atoms with Gasteiger partial charge in [0.25, 0.3) is 5.56 Å². The molecule has 2 N–H and O–H groups in total. The van der Waals surface area contributed by atoms with Crippen molar-refractivity contribution in [2.24, 2.45) is 0 Å². The standard InChI is InChI=1S/C17H15N3O4.C2H2O4/c1-12-6-7-16(15(10-12)20(22)23)24-9-8-19-11-18-14-5-3-2-4-13(14)17(19)21;3-1(4)2(5)6/h2-7,10-11H,8-9H2,1H3;(H,3,4)(H,5,6). The number of aliphatic carboxylic acids is 2. The van der Waals surface area contributed by atoms with Crippen molar-refractivity contribution < 1.29 is 29.5 Å². The Morgan fingerprint density at radius 3 is 2.47 bits per heavy atom. The third-order valence-electron chi connectivity index (χ3n) is 3.82. The Kier molecular flexibility index (Phi) is 7.17. The molecule has 2 aromatic carbocycles. The van der Waals surface area contributed by atoms with Crippen molar-refractivity contribution in [2.45, 2.75) is 13.5 Å². The first-order valence-corrected chi connectivity index (χ1v) is 8.49. The number of carboxylic acid groups (broad SMARTS) is 2. The summed E-state index contributed by atoms with van der Waals surface area (Å²) in [6.45, 7) is 2.16. The second-order valence-electron chi connectivity index (χ2n) is 5.95. The van der Waals surface area contributed by atoms with E-state index in [1.165, 1.54) is 17.0 Å². The number of para-hydroxylation sites is 1. The lowest BCUT2D eigenvalue weighted by Crippen LogP contribution is -2.23. The smallest absolute Gasteiger partial charge is 0.414 e. The summed E-state index contributed by atoms with van der Waals surface area (Å²) in [6.07, 6.45) is 1.46. The number of hydrogen-bond donors (Lipinski definition) is 2. The maximum Gasteiger partial charge on any atom is 0.414 e. The SMILES string of the molecule is Cc1ccc(OCCn2cnc3ccccc3c2=O)c([N+](=O)[O-])c1.O=C(O)C(=O)O. The van der Waals surface area contributed by atoms with Gasteiger partial charge in [-0.25, -0.2) is 14.6 Å². The van der Waals surface area contributed by atoms with Gasteiger partial charge in [-0.15, -0.1) is 0 Å². The van der Waals surface area contributed by atoms with Gasteiger partial charge in [0.2, 0.25) is 0 Å². The lowest BCUT2D eigenvalue weighted by molar-refractivity contribution is -0.385. The maximum absolute atomic E-state index is 12.3. The second-order valence-corrected chi connectivity index (χ2v) is 5.95. The van der Waals surface area contributed by atoms with Gasteiger partial charge < -0.3 is 14.9 Å². The van der Waals surface area contributed by atoms with Crippen molar-refractivity contribution in [3.63, 3.8) is 0 Å². The highest BCUT2D eigenvalue weighted by atomic mass is 16.6. The summed E-state index contributed by atoms with van der Waals surface area (Å²) in [7, 11) is 0. The van der Waals surface area contributed by atoms with Crippen LogP contribution in [-0.4, -0.2) is 43.2 Å². The zero-order chi connectivity index (χ0) is 22.3. The van der Waals surface area contributed by atoms with Gasteiger partial charge in [0.05, 0.1) is 28.7 Å². The van der Waals surface area contributed by atoms with Gasteiger partial charge in [-0.3, -0.25) is 19.5 Å². The number of aromatic nitrogens is 2. The van der Waals surface area contributed by atoms with Crippen LogP contribution in [0.3, 0.4) is 0 Å². The largest absolute Gasteiger partial charge is 0.485 e. The van der Waals surface area contributed by atoms with Crippen LogP contribution >= 0.6 is 0 Å². The Labute approximate surface area is 168 Å². The summed E-state index contributed by atoms with van der Waals surface area (Å²) in [5, 5.41) is 26.4. The molecule has 11 heteroatoms. The minimum Gasteiger partial charge on any atom is -0.485 e. The molecule has 3 rings (SSSR count). The average Bonchev–Trinajstić information content (AvgIpc) is 2.71. The Morgan fingerprint density at radius 1 is 1.17 bits per heavy atom. The number of carbonyl (C=O) groups is 2. The summed E-state index contributed by atoms with van der Waals surface area (Å²) < 4.78 is 6.93. The Balaban J connectivity index is 0.000000469. The van der Waals surface area contributed by atoms with Crippen LogP contribution in [0, 0.1) is 17.0 Å². The van der Waals surface area contributed by atoms with Crippen molar-refractivity contribution in [1.29, 1.82) is 0 Å². The van der Waals surface area contributed by atoms with Gasteiger partial charge in [0, 0.05) is 6.07 Å². The van der Waals surface area contributed by atoms with Gasteiger partial charge in [0.1, 0.15) is 6.61 Å². The Hall–Kier alpha value is -4.28. The minimum atomic E-state index is -1.82. The highest BCUT2D eigenvalue weighted by Crippen LogP contribution is 2.27.